The smallest absolute Gasteiger partial charge is 0.263 e. The van der Waals surface area contributed by atoms with Crippen LogP contribution in [0.25, 0.3) is 0 Å². The number of aryl methyl sites for hydroxylation is 1. The average molecular weight is 438 g/mol. The molecule has 160 valence electrons. The number of hydrogen-bond donors (Lipinski definition) is 1. The first-order valence-corrected chi connectivity index (χ1v) is 11.2. The lowest BCUT2D eigenvalue weighted by Gasteiger charge is -2.31. The molecule has 2 aromatic carbocycles. The Bertz CT molecular complexity index is 1080. The van der Waals surface area contributed by atoms with Crippen molar-refractivity contribution in [2.24, 2.45) is 0 Å². The second-order valence-corrected chi connectivity index (χ2v) is 8.74. The molecule has 5 nitrogen and oxygen atoms in total. The van der Waals surface area contributed by atoms with Crippen molar-refractivity contribution in [1.29, 1.82) is 0 Å². The zero-order chi connectivity index (χ0) is 21.8. The third kappa shape index (κ3) is 4.99. The molecular formula is C24H24FN3O2S. The number of carbonyl (C=O) groups excluding carboxylic acids is 2. The average Bonchev–Trinajstić information content (AvgIpc) is 3.19. The van der Waals surface area contributed by atoms with E-state index in [0.29, 0.717) is 30.1 Å². The number of hydrogen-bond acceptors (Lipinski definition) is 4. The minimum Gasteiger partial charge on any atom is -0.347 e. The molecule has 0 radical (unpaired) electrons. The van der Waals surface area contributed by atoms with E-state index in [-0.39, 0.29) is 17.7 Å². The number of benzene rings is 2. The second-order valence-electron chi connectivity index (χ2n) is 7.71. The fourth-order valence-electron chi connectivity index (χ4n) is 3.79. The molecule has 7 heteroatoms. The maximum Gasteiger partial charge on any atom is 0.263 e. The zero-order valence-corrected chi connectivity index (χ0v) is 18.1. The maximum absolute atomic E-state index is 13.4. The van der Waals surface area contributed by atoms with Gasteiger partial charge in [-0.25, -0.2) is 9.37 Å². The molecule has 0 atom stereocenters. The summed E-state index contributed by atoms with van der Waals surface area (Å²) in [6.45, 7) is 3.52. The summed E-state index contributed by atoms with van der Waals surface area (Å²) in [5, 5.41) is 3.91. The van der Waals surface area contributed by atoms with Gasteiger partial charge in [-0.3, -0.25) is 9.59 Å². The number of nitrogens with zero attached hydrogens (tertiary/aromatic N) is 2. The first-order valence-electron chi connectivity index (χ1n) is 10.4. The van der Waals surface area contributed by atoms with Crippen LogP contribution in [0.4, 0.5) is 4.39 Å². The van der Waals surface area contributed by atoms with E-state index >= 15 is 0 Å². The van der Waals surface area contributed by atoms with E-state index in [1.807, 2.05) is 37.3 Å². The highest BCUT2D eigenvalue weighted by Crippen LogP contribution is 2.33. The number of amides is 2. The quantitative estimate of drug-likeness (QED) is 0.637. The highest BCUT2D eigenvalue weighted by Gasteiger charge is 2.28. The van der Waals surface area contributed by atoms with Crippen molar-refractivity contribution in [2.45, 2.75) is 32.2 Å². The number of rotatable bonds is 5. The molecule has 2 amide bonds. The van der Waals surface area contributed by atoms with Gasteiger partial charge in [0, 0.05) is 31.1 Å². The Kier molecular flexibility index (Phi) is 6.42. The van der Waals surface area contributed by atoms with Crippen LogP contribution < -0.4 is 5.32 Å². The van der Waals surface area contributed by atoms with E-state index in [9.17, 15) is 14.0 Å². The highest BCUT2D eigenvalue weighted by molar-refractivity contribution is 7.13. The molecule has 1 N–H and O–H groups in total. The summed E-state index contributed by atoms with van der Waals surface area (Å²) >= 11 is 1.44. The van der Waals surface area contributed by atoms with Gasteiger partial charge in [0.15, 0.2) is 0 Å². The summed E-state index contributed by atoms with van der Waals surface area (Å²) < 4.78 is 13.4. The van der Waals surface area contributed by atoms with Gasteiger partial charge >= 0.3 is 0 Å². The molecule has 0 unspecified atom stereocenters. The van der Waals surface area contributed by atoms with Gasteiger partial charge in [-0.05, 0) is 43.5 Å². The van der Waals surface area contributed by atoms with Crippen LogP contribution in [0.5, 0.6) is 0 Å². The molecule has 1 saturated heterocycles. The van der Waals surface area contributed by atoms with Crippen LogP contribution in [0.3, 0.4) is 0 Å². The minimum atomic E-state index is -0.405. The van der Waals surface area contributed by atoms with Crippen molar-refractivity contribution in [3.63, 3.8) is 0 Å². The molecule has 1 aliphatic heterocycles. The first kappa shape index (κ1) is 21.2. The third-order valence-electron chi connectivity index (χ3n) is 5.52. The number of piperidine rings is 1. The molecule has 1 aliphatic rings. The molecule has 0 saturated carbocycles. The van der Waals surface area contributed by atoms with Crippen molar-refractivity contribution >= 4 is 23.2 Å². The Morgan fingerprint density at radius 2 is 1.87 bits per heavy atom. The Hall–Kier alpha value is -3.06. The summed E-state index contributed by atoms with van der Waals surface area (Å²) in [5.41, 5.74) is 2.17. The summed E-state index contributed by atoms with van der Waals surface area (Å²) in [6.07, 6.45) is 1.55. The maximum atomic E-state index is 13.4. The monoisotopic (exact) mass is 437 g/mol. The first-order chi connectivity index (χ1) is 15.0. The minimum absolute atomic E-state index is 0.108. The van der Waals surface area contributed by atoms with Crippen molar-refractivity contribution < 1.29 is 14.0 Å². The van der Waals surface area contributed by atoms with Crippen molar-refractivity contribution in [1.82, 2.24) is 15.2 Å². The normalized spacial score (nSPS) is 14.5. The Morgan fingerprint density at radius 1 is 1.13 bits per heavy atom. The van der Waals surface area contributed by atoms with Gasteiger partial charge in [0.2, 0.25) is 0 Å². The van der Waals surface area contributed by atoms with Gasteiger partial charge in [0.1, 0.15) is 10.7 Å². The Labute approximate surface area is 184 Å². The summed E-state index contributed by atoms with van der Waals surface area (Å²) in [4.78, 5) is 32.3. The van der Waals surface area contributed by atoms with Gasteiger partial charge < -0.3 is 10.2 Å². The van der Waals surface area contributed by atoms with E-state index in [0.717, 1.165) is 29.1 Å². The topological polar surface area (TPSA) is 62.3 Å². The lowest BCUT2D eigenvalue weighted by atomic mass is 9.97. The van der Waals surface area contributed by atoms with E-state index in [1.54, 1.807) is 17.0 Å². The van der Waals surface area contributed by atoms with Crippen LogP contribution in [0.15, 0.2) is 54.6 Å². The van der Waals surface area contributed by atoms with Gasteiger partial charge in [0.25, 0.3) is 11.8 Å². The van der Waals surface area contributed by atoms with Crippen molar-refractivity contribution in [3.05, 3.63) is 87.1 Å². The van der Waals surface area contributed by atoms with E-state index in [2.05, 4.69) is 10.3 Å². The molecule has 0 aliphatic carbocycles. The predicted octanol–water partition coefficient (Wildman–Crippen LogP) is 4.54. The molecule has 2 heterocycles. The number of thiazole rings is 1. The number of aromatic nitrogens is 1. The second kappa shape index (κ2) is 9.39. The fraction of sp³-hybridized carbons (Fsp3) is 0.292. The van der Waals surface area contributed by atoms with Crippen LogP contribution >= 0.6 is 11.3 Å². The van der Waals surface area contributed by atoms with Gasteiger partial charge in [-0.2, -0.15) is 0 Å². The van der Waals surface area contributed by atoms with E-state index < -0.39 is 5.82 Å². The van der Waals surface area contributed by atoms with E-state index in [4.69, 9.17) is 0 Å². The molecule has 0 bridgehead atoms. The van der Waals surface area contributed by atoms with Crippen molar-refractivity contribution in [3.8, 4) is 0 Å². The lowest BCUT2D eigenvalue weighted by molar-refractivity contribution is 0.0712. The Morgan fingerprint density at radius 3 is 2.58 bits per heavy atom. The largest absolute Gasteiger partial charge is 0.347 e. The zero-order valence-electron chi connectivity index (χ0n) is 17.3. The van der Waals surface area contributed by atoms with Crippen molar-refractivity contribution in [2.75, 3.05) is 13.1 Å². The molecule has 1 aromatic heterocycles. The predicted molar refractivity (Wildman–Crippen MR) is 119 cm³/mol. The molecular weight excluding hydrogens is 413 g/mol. The van der Waals surface area contributed by atoms with Crippen LogP contribution in [-0.4, -0.2) is 34.8 Å². The summed E-state index contributed by atoms with van der Waals surface area (Å²) in [6, 6.07) is 15.6. The molecule has 1 fully saturated rings. The highest BCUT2D eigenvalue weighted by atomic mass is 32.1. The standard InChI is InChI=1S/C24H24FN3O2S/c1-16-21(22(29)26-15-17-6-3-2-4-7-17)31-23(27-16)18-10-12-28(13-11-18)24(30)19-8-5-9-20(25)14-19/h2-9,14,18H,10-13,15H2,1H3,(H,26,29). The van der Waals surface area contributed by atoms with Gasteiger partial charge in [-0.15, -0.1) is 11.3 Å². The SMILES string of the molecule is Cc1nc(C2CCN(C(=O)c3cccc(F)c3)CC2)sc1C(=O)NCc1ccccc1. The number of likely N-dealkylation sites (tertiary alicyclic amines) is 1. The van der Waals surface area contributed by atoms with Crippen LogP contribution in [0.1, 0.15) is 55.1 Å². The van der Waals surface area contributed by atoms with Crippen LogP contribution in [0.2, 0.25) is 0 Å². The molecule has 3 aromatic rings. The summed E-state index contributed by atoms with van der Waals surface area (Å²) in [7, 11) is 0. The molecule has 31 heavy (non-hydrogen) atoms. The molecule has 4 rings (SSSR count). The number of carbonyl (C=O) groups is 2. The Balaban J connectivity index is 1.36. The van der Waals surface area contributed by atoms with Crippen LogP contribution in [0, 0.1) is 12.7 Å². The fourth-order valence-corrected chi connectivity index (χ4v) is 4.95. The van der Waals surface area contributed by atoms with Gasteiger partial charge in [0.05, 0.1) is 10.7 Å². The lowest BCUT2D eigenvalue weighted by Crippen LogP contribution is -2.37. The number of halogens is 1. The third-order valence-corrected chi connectivity index (χ3v) is 6.84. The summed E-state index contributed by atoms with van der Waals surface area (Å²) in [5.74, 6) is -0.439. The van der Waals surface area contributed by atoms with Crippen LogP contribution in [-0.2, 0) is 6.54 Å². The van der Waals surface area contributed by atoms with E-state index in [1.165, 1.54) is 23.5 Å². The molecule has 0 spiro atoms. The van der Waals surface area contributed by atoms with Gasteiger partial charge in [-0.1, -0.05) is 36.4 Å². The number of nitrogens with one attached hydrogen (secondary N) is 1.